The lowest BCUT2D eigenvalue weighted by atomic mass is 10.3. The molecule has 0 aliphatic carbocycles. The molecule has 0 fully saturated rings. The zero-order valence-corrected chi connectivity index (χ0v) is 12.4. The summed E-state index contributed by atoms with van der Waals surface area (Å²) in [5.74, 6) is 0.399. The topological polar surface area (TPSA) is 79.2 Å². The molecule has 0 aliphatic rings. The van der Waals surface area contributed by atoms with Crippen LogP contribution >= 0.6 is 11.6 Å². The van der Waals surface area contributed by atoms with E-state index in [-0.39, 0.29) is 16.5 Å². The first-order chi connectivity index (χ1) is 10.0. The van der Waals surface area contributed by atoms with Gasteiger partial charge in [-0.3, -0.25) is 4.72 Å². The van der Waals surface area contributed by atoms with E-state index in [1.165, 1.54) is 18.2 Å². The maximum absolute atomic E-state index is 12.3. The molecule has 0 radical (unpaired) electrons. The summed E-state index contributed by atoms with van der Waals surface area (Å²) in [5, 5.41) is 8.60. The monoisotopic (exact) mass is 322 g/mol. The van der Waals surface area contributed by atoms with E-state index in [2.05, 4.69) is 4.72 Å². The van der Waals surface area contributed by atoms with Gasteiger partial charge in [-0.25, -0.2) is 8.42 Å². The van der Waals surface area contributed by atoms with E-state index >= 15 is 0 Å². The summed E-state index contributed by atoms with van der Waals surface area (Å²) in [6, 6.07) is 14.3. The molecule has 2 aromatic rings. The summed E-state index contributed by atoms with van der Waals surface area (Å²) in [7, 11) is -3.78. The number of nitrogens with zero attached hydrogens (tertiary/aromatic N) is 1. The van der Waals surface area contributed by atoms with Crippen molar-refractivity contribution >= 4 is 27.3 Å². The number of hydrogen-bond acceptors (Lipinski definition) is 4. The third-order valence-corrected chi connectivity index (χ3v) is 4.40. The number of anilines is 1. The summed E-state index contributed by atoms with van der Waals surface area (Å²) in [6.45, 7) is -0.110. The van der Waals surface area contributed by atoms with E-state index in [4.69, 9.17) is 21.6 Å². The second-order valence-electron chi connectivity index (χ2n) is 4.01. The molecular weight excluding hydrogens is 312 g/mol. The summed E-state index contributed by atoms with van der Waals surface area (Å²) < 4.78 is 32.1. The van der Waals surface area contributed by atoms with Gasteiger partial charge in [-0.15, -0.1) is 0 Å². The first-order valence-corrected chi connectivity index (χ1v) is 7.76. The molecule has 108 valence electrons. The minimum atomic E-state index is -3.78. The Hall–Kier alpha value is -2.23. The number of ether oxygens (including phenoxy) is 1. The molecule has 2 rings (SSSR count). The van der Waals surface area contributed by atoms with Crippen LogP contribution in [0.2, 0.25) is 5.02 Å². The lowest BCUT2D eigenvalue weighted by Gasteiger charge is -2.10. The Balaban J connectivity index is 2.25. The van der Waals surface area contributed by atoms with Gasteiger partial charge in [-0.2, -0.15) is 5.26 Å². The molecule has 0 saturated heterocycles. The normalized spacial score (nSPS) is 10.7. The van der Waals surface area contributed by atoms with Crippen molar-refractivity contribution in [2.24, 2.45) is 0 Å². The molecule has 21 heavy (non-hydrogen) atoms. The molecular formula is C14H11ClN2O3S. The Kier molecular flexibility index (Phi) is 4.68. The maximum atomic E-state index is 12.3. The molecule has 7 heteroatoms. The molecule has 0 unspecified atom stereocenters. The smallest absolute Gasteiger partial charge is 0.263 e. The quantitative estimate of drug-likeness (QED) is 0.917. The van der Waals surface area contributed by atoms with Crippen LogP contribution in [0.25, 0.3) is 0 Å². The van der Waals surface area contributed by atoms with Crippen LogP contribution in [-0.2, 0) is 10.0 Å². The number of nitriles is 1. The van der Waals surface area contributed by atoms with Crippen LogP contribution in [0.1, 0.15) is 0 Å². The van der Waals surface area contributed by atoms with Crippen molar-refractivity contribution in [3.63, 3.8) is 0 Å². The predicted octanol–water partition coefficient (Wildman–Crippen LogP) is 3.04. The Morgan fingerprint density at radius 3 is 2.67 bits per heavy atom. The second-order valence-corrected chi connectivity index (χ2v) is 6.07. The van der Waals surface area contributed by atoms with Crippen LogP contribution in [0.4, 0.5) is 5.69 Å². The van der Waals surface area contributed by atoms with Crippen molar-refractivity contribution in [2.45, 2.75) is 4.90 Å². The van der Waals surface area contributed by atoms with Crippen molar-refractivity contribution < 1.29 is 13.2 Å². The number of sulfonamides is 1. The summed E-state index contributed by atoms with van der Waals surface area (Å²) >= 11 is 5.89. The average Bonchev–Trinajstić information content (AvgIpc) is 2.45. The number of rotatable bonds is 5. The van der Waals surface area contributed by atoms with Gasteiger partial charge in [0.1, 0.15) is 16.7 Å². The Morgan fingerprint density at radius 1 is 1.19 bits per heavy atom. The maximum Gasteiger partial charge on any atom is 0.263 e. The fourth-order valence-electron chi connectivity index (χ4n) is 1.64. The zero-order valence-electron chi connectivity index (χ0n) is 10.8. The van der Waals surface area contributed by atoms with E-state index in [9.17, 15) is 8.42 Å². The third-order valence-electron chi connectivity index (χ3n) is 2.52. The van der Waals surface area contributed by atoms with Crippen LogP contribution in [0, 0.1) is 11.3 Å². The van der Waals surface area contributed by atoms with Gasteiger partial charge in [-0.05, 0) is 24.3 Å². The number of halogens is 1. The first-order valence-electron chi connectivity index (χ1n) is 5.90. The standard InChI is InChI=1S/C14H11ClN2O3S/c15-13-6-1-2-7-14(13)21(18,19)17-11-4-3-5-12(10-11)20-9-8-16/h1-7,10,17H,9H2. The van der Waals surface area contributed by atoms with Crippen LogP contribution in [-0.4, -0.2) is 15.0 Å². The summed E-state index contributed by atoms with van der Waals surface area (Å²) in [5.41, 5.74) is 0.324. The van der Waals surface area contributed by atoms with Crippen molar-refractivity contribution in [2.75, 3.05) is 11.3 Å². The number of nitrogens with one attached hydrogen (secondary N) is 1. The van der Waals surface area contributed by atoms with Gasteiger partial charge in [0.15, 0.2) is 6.61 Å². The zero-order chi connectivity index (χ0) is 15.3. The van der Waals surface area contributed by atoms with E-state index in [1.807, 2.05) is 6.07 Å². The Labute approximate surface area is 127 Å². The highest BCUT2D eigenvalue weighted by atomic mass is 35.5. The lowest BCUT2D eigenvalue weighted by Crippen LogP contribution is -2.13. The highest BCUT2D eigenvalue weighted by Gasteiger charge is 2.17. The van der Waals surface area contributed by atoms with Gasteiger partial charge >= 0.3 is 0 Å². The van der Waals surface area contributed by atoms with Gasteiger partial charge in [-0.1, -0.05) is 29.8 Å². The van der Waals surface area contributed by atoms with E-state index in [0.29, 0.717) is 11.4 Å². The molecule has 0 bridgehead atoms. The van der Waals surface area contributed by atoms with E-state index < -0.39 is 10.0 Å². The molecule has 2 aromatic carbocycles. The van der Waals surface area contributed by atoms with Gasteiger partial charge < -0.3 is 4.74 Å². The molecule has 0 heterocycles. The average molecular weight is 323 g/mol. The molecule has 0 aliphatic heterocycles. The molecule has 5 nitrogen and oxygen atoms in total. The third kappa shape index (κ3) is 3.88. The minimum Gasteiger partial charge on any atom is -0.479 e. The van der Waals surface area contributed by atoms with Crippen LogP contribution < -0.4 is 9.46 Å². The van der Waals surface area contributed by atoms with Crippen LogP contribution in [0.5, 0.6) is 5.75 Å². The van der Waals surface area contributed by atoms with E-state index in [1.54, 1.807) is 30.3 Å². The van der Waals surface area contributed by atoms with Crippen molar-refractivity contribution in [1.82, 2.24) is 0 Å². The molecule has 0 atom stereocenters. The van der Waals surface area contributed by atoms with Crippen molar-refractivity contribution in [3.05, 3.63) is 53.6 Å². The SMILES string of the molecule is N#CCOc1cccc(NS(=O)(=O)c2ccccc2Cl)c1. The molecule has 0 saturated carbocycles. The predicted molar refractivity (Wildman–Crippen MR) is 79.8 cm³/mol. The largest absolute Gasteiger partial charge is 0.479 e. The lowest BCUT2D eigenvalue weighted by molar-refractivity contribution is 0.368. The van der Waals surface area contributed by atoms with Crippen molar-refractivity contribution in [1.29, 1.82) is 5.26 Å². The van der Waals surface area contributed by atoms with Crippen molar-refractivity contribution in [3.8, 4) is 11.8 Å². The Bertz CT molecular complexity index is 785. The highest BCUT2D eigenvalue weighted by molar-refractivity contribution is 7.92. The number of benzene rings is 2. The van der Waals surface area contributed by atoms with Gasteiger partial charge in [0.25, 0.3) is 10.0 Å². The fourth-order valence-corrected chi connectivity index (χ4v) is 3.21. The van der Waals surface area contributed by atoms with Crippen LogP contribution in [0.15, 0.2) is 53.4 Å². The van der Waals surface area contributed by atoms with Gasteiger partial charge in [0.05, 0.1) is 10.7 Å². The molecule has 0 amide bonds. The Morgan fingerprint density at radius 2 is 1.95 bits per heavy atom. The first kappa shape index (κ1) is 15.2. The fraction of sp³-hybridized carbons (Fsp3) is 0.0714. The van der Waals surface area contributed by atoms with E-state index in [0.717, 1.165) is 0 Å². The molecule has 0 aromatic heterocycles. The summed E-state index contributed by atoms with van der Waals surface area (Å²) in [4.78, 5) is -0.00462. The molecule has 1 N–H and O–H groups in total. The van der Waals surface area contributed by atoms with Crippen LogP contribution in [0.3, 0.4) is 0 Å². The van der Waals surface area contributed by atoms with Gasteiger partial charge in [0, 0.05) is 6.07 Å². The summed E-state index contributed by atoms with van der Waals surface area (Å²) in [6.07, 6.45) is 0. The minimum absolute atomic E-state index is 0.00462. The van der Waals surface area contributed by atoms with Gasteiger partial charge in [0.2, 0.25) is 0 Å². The second kappa shape index (κ2) is 6.48. The number of hydrogen-bond donors (Lipinski definition) is 1. The highest BCUT2D eigenvalue weighted by Crippen LogP contribution is 2.25. The molecule has 0 spiro atoms.